The van der Waals surface area contributed by atoms with Crippen LogP contribution in [0.25, 0.3) is 0 Å². The lowest BCUT2D eigenvalue weighted by Crippen LogP contribution is -2.26. The van der Waals surface area contributed by atoms with Gasteiger partial charge >= 0.3 is 5.97 Å². The normalized spacial score (nSPS) is 10.8. The first-order chi connectivity index (χ1) is 11.7. The summed E-state index contributed by atoms with van der Waals surface area (Å²) < 4.78 is 0. The van der Waals surface area contributed by atoms with E-state index in [-0.39, 0.29) is 12.0 Å². The molecule has 0 amide bonds. The monoisotopic (exact) mass is 359 g/mol. The smallest absolute Gasteiger partial charge is 0.317 e. The summed E-state index contributed by atoms with van der Waals surface area (Å²) in [5.74, 6) is -0.728. The highest BCUT2D eigenvalue weighted by Crippen LogP contribution is 2.13. The number of hydrogen-bond donors (Lipinski definition) is 1. The third-order valence-corrected chi connectivity index (χ3v) is 4.80. The Morgan fingerprint density at radius 3 is 1.32 bits per heavy atom. The summed E-state index contributed by atoms with van der Waals surface area (Å²) in [6, 6.07) is 0. The third kappa shape index (κ3) is 23.4. The molecule has 152 valence electrons. The molecule has 3 N–H and O–H groups in total. The van der Waals surface area contributed by atoms with Crippen molar-refractivity contribution in [1.29, 1.82) is 0 Å². The van der Waals surface area contributed by atoms with Gasteiger partial charge in [-0.15, -0.1) is 0 Å². The first-order valence-corrected chi connectivity index (χ1v) is 10.6. The SMILES string of the molecule is CCCCCCCCCCCCCCCCCCN(C)CC(=O)O.O. The molecule has 4 nitrogen and oxygen atoms in total. The van der Waals surface area contributed by atoms with Crippen LogP contribution in [0.4, 0.5) is 0 Å². The van der Waals surface area contributed by atoms with E-state index in [2.05, 4.69) is 6.92 Å². The molecule has 0 rings (SSSR count). The molecule has 0 bridgehead atoms. The van der Waals surface area contributed by atoms with Gasteiger partial charge in [0, 0.05) is 0 Å². The lowest BCUT2D eigenvalue weighted by molar-refractivity contribution is -0.137. The van der Waals surface area contributed by atoms with Gasteiger partial charge in [0.05, 0.1) is 6.54 Å². The molecule has 0 aliphatic heterocycles. The van der Waals surface area contributed by atoms with Crippen molar-refractivity contribution in [2.24, 2.45) is 0 Å². The minimum absolute atomic E-state index is 0. The molecule has 0 unspecified atom stereocenters. The zero-order valence-electron chi connectivity index (χ0n) is 17.0. The molecule has 0 aliphatic carbocycles. The van der Waals surface area contributed by atoms with Crippen LogP contribution in [-0.4, -0.2) is 41.6 Å². The molecular formula is C21H45NO3. The second-order valence-corrected chi connectivity index (χ2v) is 7.43. The summed E-state index contributed by atoms with van der Waals surface area (Å²) in [7, 11) is 1.89. The van der Waals surface area contributed by atoms with E-state index in [0.717, 1.165) is 13.0 Å². The molecule has 4 heteroatoms. The highest BCUT2D eigenvalue weighted by atomic mass is 16.4. The Kier molecular flexibility index (Phi) is 22.8. The Morgan fingerprint density at radius 1 is 0.680 bits per heavy atom. The number of likely N-dealkylation sites (N-methyl/N-ethyl adjacent to an activating group) is 1. The van der Waals surface area contributed by atoms with Gasteiger partial charge in [-0.2, -0.15) is 0 Å². The Balaban J connectivity index is 0. The maximum absolute atomic E-state index is 10.5. The van der Waals surface area contributed by atoms with Crippen LogP contribution < -0.4 is 0 Å². The molecule has 0 aromatic heterocycles. The summed E-state index contributed by atoms with van der Waals surface area (Å²) in [6.07, 6.45) is 22.0. The summed E-state index contributed by atoms with van der Waals surface area (Å²) in [5.41, 5.74) is 0. The number of unbranched alkanes of at least 4 members (excludes halogenated alkanes) is 15. The van der Waals surface area contributed by atoms with Gasteiger partial charge in [-0.05, 0) is 20.0 Å². The fourth-order valence-electron chi connectivity index (χ4n) is 3.24. The lowest BCUT2D eigenvalue weighted by atomic mass is 10.0. The molecule has 0 atom stereocenters. The van der Waals surface area contributed by atoms with E-state index in [9.17, 15) is 4.79 Å². The molecule has 25 heavy (non-hydrogen) atoms. The van der Waals surface area contributed by atoms with Crippen LogP contribution >= 0.6 is 0 Å². The largest absolute Gasteiger partial charge is 0.480 e. The minimum Gasteiger partial charge on any atom is -0.480 e. The molecule has 0 saturated carbocycles. The van der Waals surface area contributed by atoms with E-state index < -0.39 is 5.97 Å². The third-order valence-electron chi connectivity index (χ3n) is 4.80. The van der Waals surface area contributed by atoms with E-state index in [1.54, 1.807) is 0 Å². The van der Waals surface area contributed by atoms with Crippen LogP contribution in [0.2, 0.25) is 0 Å². The highest BCUT2D eigenvalue weighted by molar-refractivity contribution is 5.68. The van der Waals surface area contributed by atoms with Gasteiger partial charge in [-0.1, -0.05) is 103 Å². The number of hydrogen-bond acceptors (Lipinski definition) is 2. The zero-order chi connectivity index (χ0) is 17.9. The lowest BCUT2D eigenvalue weighted by Gasteiger charge is -2.13. The quantitative estimate of drug-likeness (QED) is 0.312. The summed E-state index contributed by atoms with van der Waals surface area (Å²) in [4.78, 5) is 12.4. The summed E-state index contributed by atoms with van der Waals surface area (Å²) in [6.45, 7) is 3.35. The molecular weight excluding hydrogens is 314 g/mol. The van der Waals surface area contributed by atoms with Crippen molar-refractivity contribution in [2.45, 2.75) is 110 Å². The van der Waals surface area contributed by atoms with Crippen molar-refractivity contribution in [1.82, 2.24) is 4.90 Å². The van der Waals surface area contributed by atoms with Gasteiger partial charge in [0.25, 0.3) is 0 Å². The number of rotatable bonds is 19. The van der Waals surface area contributed by atoms with E-state index in [1.165, 1.54) is 96.3 Å². The van der Waals surface area contributed by atoms with Crippen LogP contribution in [0.5, 0.6) is 0 Å². The Bertz CT molecular complexity index is 272. The Hall–Kier alpha value is -0.610. The van der Waals surface area contributed by atoms with Gasteiger partial charge in [0.15, 0.2) is 0 Å². The fourth-order valence-corrected chi connectivity index (χ4v) is 3.24. The number of carboxylic acids is 1. The van der Waals surface area contributed by atoms with Crippen LogP contribution in [0.3, 0.4) is 0 Å². The Labute approximate surface area is 156 Å². The second kappa shape index (κ2) is 21.4. The molecule has 0 saturated heterocycles. The molecule has 0 aromatic carbocycles. The predicted molar refractivity (Wildman–Crippen MR) is 108 cm³/mol. The summed E-state index contributed by atoms with van der Waals surface area (Å²) >= 11 is 0. The topological polar surface area (TPSA) is 72.0 Å². The van der Waals surface area contributed by atoms with Gasteiger partial charge in [0.2, 0.25) is 0 Å². The van der Waals surface area contributed by atoms with Crippen molar-refractivity contribution < 1.29 is 15.4 Å². The van der Waals surface area contributed by atoms with Crippen LogP contribution in [0, 0.1) is 0 Å². The highest BCUT2D eigenvalue weighted by Gasteiger charge is 2.02. The van der Waals surface area contributed by atoms with Gasteiger partial charge in [-0.3, -0.25) is 9.69 Å². The molecule has 0 spiro atoms. The molecule has 0 radical (unpaired) electrons. The zero-order valence-corrected chi connectivity index (χ0v) is 17.0. The van der Waals surface area contributed by atoms with E-state index in [0.29, 0.717) is 0 Å². The number of carbonyl (C=O) groups is 1. The number of aliphatic carboxylic acids is 1. The fraction of sp³-hybridized carbons (Fsp3) is 0.952. The van der Waals surface area contributed by atoms with Gasteiger partial charge < -0.3 is 10.6 Å². The van der Waals surface area contributed by atoms with E-state index in [1.807, 2.05) is 11.9 Å². The van der Waals surface area contributed by atoms with Crippen LogP contribution in [-0.2, 0) is 4.79 Å². The van der Waals surface area contributed by atoms with Crippen LogP contribution in [0.1, 0.15) is 110 Å². The van der Waals surface area contributed by atoms with Crippen LogP contribution in [0.15, 0.2) is 0 Å². The van der Waals surface area contributed by atoms with Crippen molar-refractivity contribution in [3.63, 3.8) is 0 Å². The molecule has 0 aliphatic rings. The summed E-state index contributed by atoms with van der Waals surface area (Å²) in [5, 5.41) is 8.68. The van der Waals surface area contributed by atoms with Gasteiger partial charge in [0.1, 0.15) is 0 Å². The Morgan fingerprint density at radius 2 is 1.00 bits per heavy atom. The van der Waals surface area contributed by atoms with E-state index >= 15 is 0 Å². The predicted octanol–water partition coefficient (Wildman–Crippen LogP) is 5.44. The first-order valence-electron chi connectivity index (χ1n) is 10.6. The average molecular weight is 360 g/mol. The van der Waals surface area contributed by atoms with Crippen molar-refractivity contribution in [2.75, 3.05) is 20.1 Å². The second-order valence-electron chi connectivity index (χ2n) is 7.43. The maximum Gasteiger partial charge on any atom is 0.317 e. The number of carboxylic acid groups (broad SMARTS) is 1. The standard InChI is InChI=1S/C21H43NO2.H2O/c1-3-4-5-6-7-8-9-10-11-12-13-14-15-16-17-18-19-22(2)20-21(23)24;/h3-20H2,1-2H3,(H,23,24);1H2. The molecule has 0 fully saturated rings. The van der Waals surface area contributed by atoms with Gasteiger partial charge in [-0.25, -0.2) is 0 Å². The van der Waals surface area contributed by atoms with Crippen molar-refractivity contribution in [3.05, 3.63) is 0 Å². The molecule has 0 aromatic rings. The molecule has 0 heterocycles. The maximum atomic E-state index is 10.5. The minimum atomic E-state index is -0.728. The van der Waals surface area contributed by atoms with Crippen molar-refractivity contribution in [3.8, 4) is 0 Å². The van der Waals surface area contributed by atoms with Crippen molar-refractivity contribution >= 4 is 5.97 Å². The number of nitrogens with zero attached hydrogens (tertiary/aromatic N) is 1. The first kappa shape index (κ1) is 26.6. The van der Waals surface area contributed by atoms with E-state index in [4.69, 9.17) is 5.11 Å². The average Bonchev–Trinajstić information content (AvgIpc) is 2.53.